The van der Waals surface area contributed by atoms with Gasteiger partial charge in [0.05, 0.1) is 21.6 Å². The minimum atomic E-state index is 0.305. The number of fused-ring (bicyclic) bond motifs is 6. The van der Waals surface area contributed by atoms with Crippen LogP contribution in [0.5, 0.6) is 0 Å². The van der Waals surface area contributed by atoms with Gasteiger partial charge in [-0.2, -0.15) is 0 Å². The van der Waals surface area contributed by atoms with Crippen molar-refractivity contribution < 1.29 is 4.84 Å². The van der Waals surface area contributed by atoms with Gasteiger partial charge in [-0.15, -0.1) is 11.3 Å². The summed E-state index contributed by atoms with van der Waals surface area (Å²) in [7, 11) is 0. The maximum absolute atomic E-state index is 6.23. The van der Waals surface area contributed by atoms with Gasteiger partial charge in [-0.1, -0.05) is 36.4 Å². The van der Waals surface area contributed by atoms with E-state index in [-0.39, 0.29) is 0 Å². The van der Waals surface area contributed by atoms with E-state index < -0.39 is 0 Å². The molecule has 5 rings (SSSR count). The molecule has 22 heavy (non-hydrogen) atoms. The first kappa shape index (κ1) is 13.1. The number of hydrogen-bond donors (Lipinski definition) is 0. The van der Waals surface area contributed by atoms with Crippen molar-refractivity contribution >= 4 is 43.7 Å². The van der Waals surface area contributed by atoms with Crippen LogP contribution in [-0.4, -0.2) is 6.10 Å². The molecular weight excluding hydrogens is 358 g/mol. The second kappa shape index (κ2) is 4.82. The molecule has 1 fully saturated rings. The van der Waals surface area contributed by atoms with Gasteiger partial charge >= 0.3 is 0 Å². The Labute approximate surface area is 141 Å². The van der Waals surface area contributed by atoms with Crippen molar-refractivity contribution in [2.75, 3.05) is 5.06 Å². The van der Waals surface area contributed by atoms with Crippen LogP contribution in [0.15, 0.2) is 52.3 Å². The Hall–Kier alpha value is -1.36. The van der Waals surface area contributed by atoms with Gasteiger partial charge in [-0.3, -0.25) is 4.84 Å². The van der Waals surface area contributed by atoms with Gasteiger partial charge in [-0.05, 0) is 39.0 Å². The minimum absolute atomic E-state index is 0.305. The highest BCUT2D eigenvalue weighted by atomic mass is 79.9. The number of benzene rings is 2. The molecule has 2 nitrogen and oxygen atoms in total. The molecule has 3 aromatic rings. The average molecular weight is 372 g/mol. The predicted octanol–water partition coefficient (Wildman–Crippen LogP) is 5.47. The van der Waals surface area contributed by atoms with Crippen molar-refractivity contribution in [2.24, 2.45) is 0 Å². The van der Waals surface area contributed by atoms with Gasteiger partial charge in [0.2, 0.25) is 0 Å². The van der Waals surface area contributed by atoms with E-state index in [1.165, 1.54) is 30.7 Å². The fourth-order valence-electron chi connectivity index (χ4n) is 3.66. The summed E-state index contributed by atoms with van der Waals surface area (Å²) in [4.78, 5) is 7.60. The SMILES string of the molecule is Brc1ccc([C@H]2C[C@@H]3Cc4ccc5ccccc5c4N2O3)s1. The summed E-state index contributed by atoms with van der Waals surface area (Å²) in [6.07, 6.45) is 2.38. The molecule has 0 unspecified atom stereocenters. The van der Waals surface area contributed by atoms with E-state index >= 15 is 0 Å². The van der Waals surface area contributed by atoms with Crippen molar-refractivity contribution in [3.8, 4) is 0 Å². The van der Waals surface area contributed by atoms with Gasteiger partial charge in [0.25, 0.3) is 0 Å². The maximum atomic E-state index is 6.23. The molecule has 0 amide bonds. The monoisotopic (exact) mass is 371 g/mol. The number of nitrogens with zero attached hydrogens (tertiary/aromatic N) is 1. The van der Waals surface area contributed by atoms with E-state index in [9.17, 15) is 0 Å². The third-order valence-electron chi connectivity index (χ3n) is 4.61. The zero-order valence-corrected chi connectivity index (χ0v) is 14.2. The van der Waals surface area contributed by atoms with Gasteiger partial charge in [0, 0.05) is 23.1 Å². The quantitative estimate of drug-likeness (QED) is 0.562. The second-order valence-electron chi connectivity index (χ2n) is 5.95. The number of halogens is 1. The zero-order chi connectivity index (χ0) is 14.7. The van der Waals surface area contributed by atoms with Gasteiger partial charge in [0.15, 0.2) is 0 Å². The van der Waals surface area contributed by atoms with E-state index in [0.717, 1.165) is 12.8 Å². The van der Waals surface area contributed by atoms with Crippen LogP contribution in [0.4, 0.5) is 5.69 Å². The fourth-order valence-corrected chi connectivity index (χ4v) is 5.18. The lowest BCUT2D eigenvalue weighted by molar-refractivity contribution is 0.0742. The smallest absolute Gasteiger partial charge is 0.0933 e. The molecule has 2 aliphatic heterocycles. The van der Waals surface area contributed by atoms with Crippen molar-refractivity contribution in [3.63, 3.8) is 0 Å². The van der Waals surface area contributed by atoms with Crippen molar-refractivity contribution in [3.05, 3.63) is 62.8 Å². The number of hydrogen-bond acceptors (Lipinski definition) is 3. The number of hydroxylamine groups is 1. The van der Waals surface area contributed by atoms with Crippen molar-refractivity contribution in [1.29, 1.82) is 0 Å². The summed E-state index contributed by atoms with van der Waals surface area (Å²) in [5, 5.41) is 4.74. The van der Waals surface area contributed by atoms with E-state index in [2.05, 4.69) is 69.5 Å². The lowest BCUT2D eigenvalue weighted by Crippen LogP contribution is -2.27. The second-order valence-corrected chi connectivity index (χ2v) is 8.44. The zero-order valence-electron chi connectivity index (χ0n) is 11.8. The molecule has 0 N–H and O–H groups in total. The standard InChI is InChI=1S/C18H14BrNOS/c19-17-8-7-16(22-17)15-10-13-9-12-6-5-11-3-1-2-4-14(11)18(12)20(15)21-13/h1-8,13,15H,9-10H2/t13-,15+/m0/s1. The summed E-state index contributed by atoms with van der Waals surface area (Å²) in [5.41, 5.74) is 2.68. The van der Waals surface area contributed by atoms with Gasteiger partial charge < -0.3 is 0 Å². The van der Waals surface area contributed by atoms with Gasteiger partial charge in [-0.25, -0.2) is 5.06 Å². The molecule has 1 aromatic heterocycles. The molecule has 0 aliphatic carbocycles. The third kappa shape index (κ3) is 1.87. The highest BCUT2D eigenvalue weighted by Gasteiger charge is 2.41. The molecule has 2 aromatic carbocycles. The van der Waals surface area contributed by atoms with E-state index in [1.54, 1.807) is 0 Å². The van der Waals surface area contributed by atoms with Crippen LogP contribution in [0.25, 0.3) is 10.8 Å². The van der Waals surface area contributed by atoms with E-state index in [0.29, 0.717) is 12.1 Å². The van der Waals surface area contributed by atoms with Crippen LogP contribution in [0.2, 0.25) is 0 Å². The average Bonchev–Trinajstić information content (AvgIpc) is 3.11. The summed E-state index contributed by atoms with van der Waals surface area (Å²) >= 11 is 5.39. The van der Waals surface area contributed by atoms with Crippen LogP contribution in [-0.2, 0) is 11.3 Å². The Balaban J connectivity index is 1.70. The van der Waals surface area contributed by atoms with Crippen LogP contribution in [0, 0.1) is 0 Å². The van der Waals surface area contributed by atoms with Crippen molar-refractivity contribution in [2.45, 2.75) is 25.0 Å². The molecule has 0 saturated carbocycles. The summed E-state index contributed by atoms with van der Waals surface area (Å²) < 4.78 is 1.18. The molecule has 2 aliphatic rings. The molecule has 0 spiro atoms. The highest BCUT2D eigenvalue weighted by molar-refractivity contribution is 9.11. The fraction of sp³-hybridized carbons (Fsp3) is 0.222. The lowest BCUT2D eigenvalue weighted by atomic mass is 9.99. The van der Waals surface area contributed by atoms with Crippen LogP contribution in [0.1, 0.15) is 22.9 Å². The Kier molecular flexibility index (Phi) is 2.87. The minimum Gasteiger partial charge on any atom is -0.269 e. The van der Waals surface area contributed by atoms with E-state index in [4.69, 9.17) is 4.84 Å². The molecular formula is C18H14BrNOS. The molecule has 3 heterocycles. The largest absolute Gasteiger partial charge is 0.269 e. The third-order valence-corrected chi connectivity index (χ3v) is 6.33. The number of anilines is 1. The topological polar surface area (TPSA) is 12.5 Å². The molecule has 2 bridgehead atoms. The molecule has 2 atom stereocenters. The molecule has 1 saturated heterocycles. The van der Waals surface area contributed by atoms with E-state index in [1.807, 2.05) is 11.3 Å². The Morgan fingerprint density at radius 1 is 1.09 bits per heavy atom. The Morgan fingerprint density at radius 3 is 2.86 bits per heavy atom. The molecule has 4 heteroatoms. The Bertz CT molecular complexity index is 874. The van der Waals surface area contributed by atoms with Crippen molar-refractivity contribution in [1.82, 2.24) is 0 Å². The molecule has 110 valence electrons. The summed E-state index contributed by atoms with van der Waals surface area (Å²) in [6, 6.07) is 17.8. The van der Waals surface area contributed by atoms with Crippen LogP contribution < -0.4 is 5.06 Å². The first-order chi connectivity index (χ1) is 10.8. The summed E-state index contributed by atoms with van der Waals surface area (Å²) in [6.45, 7) is 0. The number of rotatable bonds is 1. The first-order valence-corrected chi connectivity index (χ1v) is 9.12. The number of thiophene rings is 1. The van der Waals surface area contributed by atoms with Crippen LogP contribution in [0.3, 0.4) is 0 Å². The van der Waals surface area contributed by atoms with Gasteiger partial charge in [0.1, 0.15) is 0 Å². The highest BCUT2D eigenvalue weighted by Crippen LogP contribution is 2.49. The summed E-state index contributed by atoms with van der Waals surface area (Å²) in [5.74, 6) is 0. The first-order valence-electron chi connectivity index (χ1n) is 7.51. The molecule has 0 radical (unpaired) electrons. The Morgan fingerprint density at radius 2 is 2.00 bits per heavy atom. The maximum Gasteiger partial charge on any atom is 0.0933 e. The normalized spacial score (nSPS) is 23.0. The lowest BCUT2D eigenvalue weighted by Gasteiger charge is -2.31. The van der Waals surface area contributed by atoms with Crippen LogP contribution >= 0.6 is 27.3 Å². The predicted molar refractivity (Wildman–Crippen MR) is 94.4 cm³/mol.